The number of amides is 2. The molecular weight excluding hydrogens is 325 g/mol. The zero-order valence-electron chi connectivity index (χ0n) is 13.1. The molecule has 0 bridgehead atoms. The second kappa shape index (κ2) is 8.98. The van der Waals surface area contributed by atoms with Crippen LogP contribution in [-0.4, -0.2) is 49.9 Å². The van der Waals surface area contributed by atoms with Crippen molar-refractivity contribution < 1.29 is 14.5 Å². The van der Waals surface area contributed by atoms with Crippen LogP contribution in [0.2, 0.25) is 10.0 Å². The van der Waals surface area contributed by atoms with E-state index in [2.05, 4.69) is 5.32 Å². The molecule has 7 heteroatoms. The zero-order chi connectivity index (χ0) is 16.7. The van der Waals surface area contributed by atoms with E-state index in [4.69, 9.17) is 23.2 Å². The van der Waals surface area contributed by atoms with Crippen LogP contribution in [-0.2, 0) is 9.59 Å². The number of hydrogen-bond donors (Lipinski definition) is 2. The van der Waals surface area contributed by atoms with E-state index < -0.39 is 0 Å². The third kappa shape index (κ3) is 6.22. The predicted molar refractivity (Wildman–Crippen MR) is 89.6 cm³/mol. The Kier molecular flexibility index (Phi) is 7.65. The normalized spacial score (nSPS) is 11.9. The Morgan fingerprint density at radius 1 is 1.09 bits per heavy atom. The second-order valence-corrected chi connectivity index (χ2v) is 5.96. The average molecular weight is 347 g/mol. The van der Waals surface area contributed by atoms with Gasteiger partial charge in [0.2, 0.25) is 0 Å². The largest absolute Gasteiger partial charge is 0.338 e. The molecule has 2 N–H and O–H groups in total. The molecule has 0 aliphatic carbocycles. The topological polar surface area (TPSA) is 53.9 Å². The number of nitrogens with zero attached hydrogens (tertiary/aromatic N) is 1. The number of benzene rings is 1. The maximum Gasteiger partial charge on any atom is 0.279 e. The van der Waals surface area contributed by atoms with Crippen molar-refractivity contribution in [2.24, 2.45) is 0 Å². The van der Waals surface area contributed by atoms with Crippen molar-refractivity contribution in [3.8, 4) is 0 Å². The molecule has 0 radical (unpaired) electrons. The molecule has 0 aromatic heterocycles. The lowest BCUT2D eigenvalue weighted by Crippen LogP contribution is -3.11. The van der Waals surface area contributed by atoms with Crippen LogP contribution in [0, 0.1) is 0 Å². The molecule has 1 atom stereocenters. The maximum atomic E-state index is 12.0. The highest BCUT2D eigenvalue weighted by Crippen LogP contribution is 2.22. The molecule has 1 aromatic rings. The summed E-state index contributed by atoms with van der Waals surface area (Å²) in [5.41, 5.74) is 0.547. The Balaban J connectivity index is 2.52. The summed E-state index contributed by atoms with van der Waals surface area (Å²) in [6.45, 7) is 5.70. The Labute approximate surface area is 141 Å². The maximum absolute atomic E-state index is 12.0. The third-order valence-corrected chi connectivity index (χ3v) is 3.61. The lowest BCUT2D eigenvalue weighted by molar-refractivity contribution is -0.862. The van der Waals surface area contributed by atoms with Gasteiger partial charge in [0.05, 0.1) is 7.05 Å². The van der Waals surface area contributed by atoms with Gasteiger partial charge >= 0.3 is 0 Å². The molecule has 1 unspecified atom stereocenters. The fourth-order valence-electron chi connectivity index (χ4n) is 2.11. The van der Waals surface area contributed by atoms with E-state index in [1.807, 2.05) is 20.9 Å². The first-order valence-electron chi connectivity index (χ1n) is 7.20. The minimum Gasteiger partial charge on any atom is -0.338 e. The lowest BCUT2D eigenvalue weighted by Gasteiger charge is -2.20. The molecule has 2 amide bonds. The highest BCUT2D eigenvalue weighted by molar-refractivity contribution is 6.35. The number of nitrogens with one attached hydrogen (secondary N) is 2. The molecule has 1 aromatic carbocycles. The number of anilines is 1. The van der Waals surface area contributed by atoms with Crippen LogP contribution in [0.15, 0.2) is 18.2 Å². The van der Waals surface area contributed by atoms with Crippen LogP contribution in [0.3, 0.4) is 0 Å². The fourth-order valence-corrected chi connectivity index (χ4v) is 2.64. The minimum atomic E-state index is -0.191. The van der Waals surface area contributed by atoms with Crippen molar-refractivity contribution in [3.63, 3.8) is 0 Å². The molecule has 1 rings (SSSR count). The highest BCUT2D eigenvalue weighted by Gasteiger charge is 2.17. The Morgan fingerprint density at radius 2 is 1.64 bits per heavy atom. The van der Waals surface area contributed by atoms with Crippen LogP contribution < -0.4 is 10.2 Å². The van der Waals surface area contributed by atoms with Crippen LogP contribution in [0.1, 0.15) is 13.8 Å². The van der Waals surface area contributed by atoms with Crippen molar-refractivity contribution in [2.75, 3.05) is 38.5 Å². The summed E-state index contributed by atoms with van der Waals surface area (Å²) in [6.07, 6.45) is 0. The Bertz CT molecular complexity index is 513. The summed E-state index contributed by atoms with van der Waals surface area (Å²) in [5, 5.41) is 3.65. The number of carbonyl (C=O) groups excluding carboxylic acids is 2. The van der Waals surface area contributed by atoms with Crippen molar-refractivity contribution in [1.29, 1.82) is 0 Å². The van der Waals surface area contributed by atoms with Crippen molar-refractivity contribution in [2.45, 2.75) is 13.8 Å². The van der Waals surface area contributed by atoms with Crippen LogP contribution in [0.25, 0.3) is 0 Å². The number of likely N-dealkylation sites (N-methyl/N-ethyl adjacent to an activating group) is 2. The molecule has 0 aliphatic heterocycles. The Morgan fingerprint density at radius 3 is 2.14 bits per heavy atom. The van der Waals surface area contributed by atoms with Gasteiger partial charge in [-0.25, -0.2) is 0 Å². The molecule has 0 aliphatic rings. The Hall–Kier alpha value is -1.30. The number of quaternary nitrogens is 1. The van der Waals surface area contributed by atoms with Gasteiger partial charge in [0.1, 0.15) is 0 Å². The van der Waals surface area contributed by atoms with Gasteiger partial charge in [0, 0.05) is 28.8 Å². The van der Waals surface area contributed by atoms with E-state index in [1.165, 1.54) is 0 Å². The number of hydrogen-bond acceptors (Lipinski definition) is 2. The van der Waals surface area contributed by atoms with Crippen molar-refractivity contribution in [1.82, 2.24) is 4.90 Å². The van der Waals surface area contributed by atoms with E-state index in [0.29, 0.717) is 28.8 Å². The van der Waals surface area contributed by atoms with Crippen LogP contribution in [0.4, 0.5) is 5.69 Å². The van der Waals surface area contributed by atoms with Gasteiger partial charge in [-0.15, -0.1) is 0 Å². The first-order chi connectivity index (χ1) is 10.3. The van der Waals surface area contributed by atoms with Gasteiger partial charge in [-0.2, -0.15) is 0 Å². The van der Waals surface area contributed by atoms with Gasteiger partial charge < -0.3 is 15.1 Å². The monoisotopic (exact) mass is 346 g/mol. The molecular formula is C15H22Cl2N3O2+. The molecule has 0 saturated heterocycles. The second-order valence-electron chi connectivity index (χ2n) is 5.08. The molecule has 0 fully saturated rings. The van der Waals surface area contributed by atoms with E-state index in [1.54, 1.807) is 23.1 Å². The van der Waals surface area contributed by atoms with Gasteiger partial charge in [0.15, 0.2) is 13.1 Å². The van der Waals surface area contributed by atoms with E-state index >= 15 is 0 Å². The molecule has 0 spiro atoms. The first kappa shape index (κ1) is 18.7. The highest BCUT2D eigenvalue weighted by atomic mass is 35.5. The van der Waals surface area contributed by atoms with E-state index in [9.17, 15) is 9.59 Å². The molecule has 122 valence electrons. The van der Waals surface area contributed by atoms with Gasteiger partial charge in [-0.1, -0.05) is 23.2 Å². The quantitative estimate of drug-likeness (QED) is 0.782. The average Bonchev–Trinajstić information content (AvgIpc) is 2.37. The summed E-state index contributed by atoms with van der Waals surface area (Å²) in [4.78, 5) is 26.5. The molecule has 5 nitrogen and oxygen atoms in total. The van der Waals surface area contributed by atoms with Crippen LogP contribution in [0.5, 0.6) is 0 Å². The lowest BCUT2D eigenvalue weighted by atomic mass is 10.3. The van der Waals surface area contributed by atoms with Gasteiger partial charge in [-0.05, 0) is 32.0 Å². The van der Waals surface area contributed by atoms with E-state index in [-0.39, 0.29) is 24.9 Å². The summed E-state index contributed by atoms with van der Waals surface area (Å²) in [7, 11) is 1.81. The molecule has 0 heterocycles. The molecule has 0 saturated carbocycles. The predicted octanol–water partition coefficient (Wildman–Crippen LogP) is 1.31. The summed E-state index contributed by atoms with van der Waals surface area (Å²) in [6, 6.07) is 4.85. The van der Waals surface area contributed by atoms with E-state index in [0.717, 1.165) is 4.90 Å². The zero-order valence-corrected chi connectivity index (χ0v) is 14.6. The first-order valence-corrected chi connectivity index (χ1v) is 7.96. The van der Waals surface area contributed by atoms with Gasteiger partial charge in [0.25, 0.3) is 11.8 Å². The van der Waals surface area contributed by atoms with Gasteiger partial charge in [-0.3, -0.25) is 9.59 Å². The standard InChI is InChI=1S/C15H21Cl2N3O2/c1-4-20(5-2)15(22)10-19(3)9-14(21)18-13-7-11(16)6-12(17)8-13/h6-8H,4-5,9-10H2,1-3H3,(H,18,21)/p+1. The number of rotatable bonds is 7. The fraction of sp³-hybridized carbons (Fsp3) is 0.467. The summed E-state index contributed by atoms with van der Waals surface area (Å²) in [5.74, 6) is -0.149. The summed E-state index contributed by atoms with van der Waals surface area (Å²) < 4.78 is 0. The van der Waals surface area contributed by atoms with Crippen LogP contribution >= 0.6 is 23.2 Å². The third-order valence-electron chi connectivity index (χ3n) is 3.18. The smallest absolute Gasteiger partial charge is 0.279 e. The molecule has 22 heavy (non-hydrogen) atoms. The minimum absolute atomic E-state index is 0.0427. The van der Waals surface area contributed by atoms with Crippen molar-refractivity contribution >= 4 is 40.7 Å². The number of carbonyl (C=O) groups is 2. The van der Waals surface area contributed by atoms with Crippen molar-refractivity contribution in [3.05, 3.63) is 28.2 Å². The SMILES string of the molecule is CCN(CC)C(=O)C[NH+](C)CC(=O)Nc1cc(Cl)cc(Cl)c1. The number of halogens is 2. The summed E-state index contributed by atoms with van der Waals surface area (Å²) >= 11 is 11.8.